The third-order valence-electron chi connectivity index (χ3n) is 5.56. The summed E-state index contributed by atoms with van der Waals surface area (Å²) in [7, 11) is -2.16. The Morgan fingerprint density at radius 2 is 1.66 bits per heavy atom. The van der Waals surface area contributed by atoms with Crippen molar-refractivity contribution in [3.63, 3.8) is 0 Å². The molecule has 0 bridgehead atoms. The molecule has 1 aromatic heterocycles. The Labute approximate surface area is 227 Å². The molecule has 2 aromatic carbocycles. The summed E-state index contributed by atoms with van der Waals surface area (Å²) in [5, 5.41) is 0. The van der Waals surface area contributed by atoms with E-state index in [0.29, 0.717) is 29.2 Å². The number of hydrogen-bond donors (Lipinski definition) is 0. The molecule has 206 valence electrons. The highest BCUT2D eigenvalue weighted by molar-refractivity contribution is 7.89. The first-order valence-electron chi connectivity index (χ1n) is 12.5. The van der Waals surface area contributed by atoms with E-state index >= 15 is 0 Å². The summed E-state index contributed by atoms with van der Waals surface area (Å²) in [4.78, 5) is 30.1. The molecule has 0 N–H and O–H groups in total. The molecule has 0 unspecified atom stereocenters. The maximum absolute atomic E-state index is 13.3. The molecular weight excluding hydrogens is 526 g/mol. The first-order chi connectivity index (χ1) is 18.0. The van der Waals surface area contributed by atoms with E-state index in [2.05, 4.69) is 4.99 Å². The van der Waals surface area contributed by atoms with Crippen molar-refractivity contribution in [2.75, 3.05) is 26.8 Å². The predicted molar refractivity (Wildman–Crippen MR) is 148 cm³/mol. The molecule has 0 saturated heterocycles. The number of aromatic nitrogens is 1. The largest absolute Gasteiger partial charge is 0.497 e. The normalized spacial score (nSPS) is 12.6. The number of carbonyl (C=O) groups excluding carboxylic acids is 2. The van der Waals surface area contributed by atoms with Crippen molar-refractivity contribution in [3.05, 3.63) is 52.8 Å². The van der Waals surface area contributed by atoms with E-state index < -0.39 is 21.9 Å². The Morgan fingerprint density at radius 1 is 1.03 bits per heavy atom. The highest BCUT2D eigenvalue weighted by Crippen LogP contribution is 2.24. The molecule has 11 heteroatoms. The van der Waals surface area contributed by atoms with Crippen LogP contribution in [0.15, 0.2) is 52.4 Å². The van der Waals surface area contributed by atoms with Crippen molar-refractivity contribution < 1.29 is 27.5 Å². The Morgan fingerprint density at radius 3 is 2.21 bits per heavy atom. The maximum Gasteiger partial charge on any atom is 0.326 e. The first kappa shape index (κ1) is 29.5. The van der Waals surface area contributed by atoms with Crippen LogP contribution in [0.25, 0.3) is 10.2 Å². The van der Waals surface area contributed by atoms with E-state index in [9.17, 15) is 18.0 Å². The molecule has 1 amide bonds. The average molecular weight is 562 g/mol. The number of carbonyl (C=O) groups is 2. The van der Waals surface area contributed by atoms with Gasteiger partial charge in [0, 0.05) is 18.7 Å². The van der Waals surface area contributed by atoms with Gasteiger partial charge in [0.1, 0.15) is 12.3 Å². The number of ether oxygens (including phenoxy) is 2. The number of sulfonamides is 1. The van der Waals surface area contributed by atoms with Crippen LogP contribution in [-0.4, -0.2) is 56.0 Å². The Balaban J connectivity index is 1.97. The number of nitrogens with zero attached hydrogens (tertiary/aromatic N) is 3. The molecule has 1 heterocycles. The fourth-order valence-electron chi connectivity index (χ4n) is 3.91. The zero-order chi connectivity index (χ0) is 28.0. The van der Waals surface area contributed by atoms with Gasteiger partial charge in [0.25, 0.3) is 5.91 Å². The van der Waals surface area contributed by atoms with Crippen LogP contribution >= 0.6 is 11.3 Å². The van der Waals surface area contributed by atoms with E-state index in [1.807, 2.05) is 33.8 Å². The molecule has 0 fully saturated rings. The van der Waals surface area contributed by atoms with Gasteiger partial charge >= 0.3 is 5.97 Å². The lowest BCUT2D eigenvalue weighted by molar-refractivity contribution is -0.143. The molecule has 0 aliphatic carbocycles. The van der Waals surface area contributed by atoms with Crippen molar-refractivity contribution in [3.8, 4) is 5.75 Å². The molecule has 0 aliphatic rings. The molecule has 3 rings (SSSR count). The van der Waals surface area contributed by atoms with Crippen LogP contribution in [0, 0.1) is 11.8 Å². The van der Waals surface area contributed by atoms with E-state index in [4.69, 9.17) is 9.47 Å². The zero-order valence-corrected chi connectivity index (χ0v) is 24.3. The van der Waals surface area contributed by atoms with Crippen LogP contribution in [0.4, 0.5) is 0 Å². The van der Waals surface area contributed by atoms with Crippen molar-refractivity contribution >= 4 is 43.5 Å². The summed E-state index contributed by atoms with van der Waals surface area (Å²) in [6, 6.07) is 11.2. The number of esters is 1. The smallest absolute Gasteiger partial charge is 0.326 e. The van der Waals surface area contributed by atoms with Gasteiger partial charge in [0.05, 0.1) is 28.8 Å². The van der Waals surface area contributed by atoms with E-state index in [1.165, 1.54) is 39.9 Å². The lowest BCUT2D eigenvalue weighted by atomic mass is 10.2. The first-order valence-corrected chi connectivity index (χ1v) is 14.7. The van der Waals surface area contributed by atoms with Crippen LogP contribution in [-0.2, 0) is 26.1 Å². The fraction of sp³-hybridized carbons (Fsp3) is 0.444. The molecule has 0 aliphatic heterocycles. The lowest BCUT2D eigenvalue weighted by Gasteiger charge is -2.25. The number of thiazole rings is 1. The minimum atomic E-state index is -3.72. The zero-order valence-electron chi connectivity index (χ0n) is 22.6. The molecular formula is C27H35N3O6S2. The maximum atomic E-state index is 13.3. The summed E-state index contributed by atoms with van der Waals surface area (Å²) >= 11 is 1.24. The molecule has 0 saturated carbocycles. The highest BCUT2D eigenvalue weighted by Gasteiger charge is 2.26. The average Bonchev–Trinajstić information content (AvgIpc) is 3.18. The van der Waals surface area contributed by atoms with Crippen molar-refractivity contribution in [2.45, 2.75) is 46.1 Å². The molecule has 0 atom stereocenters. The van der Waals surface area contributed by atoms with Crippen LogP contribution in [0.5, 0.6) is 5.75 Å². The monoisotopic (exact) mass is 561 g/mol. The van der Waals surface area contributed by atoms with Crippen LogP contribution in [0.1, 0.15) is 45.0 Å². The standard InChI is InChI=1S/C27H35N3O6S2/c1-7-36-25(31)17-30-23-13-10-21(35-6)14-24(23)37-27(30)28-26(32)20-8-11-22(12-9-20)38(33,34)29(15-18(2)3)16-19(4)5/h8-14,18-19H,7,15-17H2,1-6H3. The van der Waals surface area contributed by atoms with Crippen LogP contribution < -0.4 is 9.54 Å². The number of amides is 1. The van der Waals surface area contributed by atoms with Gasteiger partial charge in [-0.3, -0.25) is 9.59 Å². The quantitative estimate of drug-likeness (QED) is 0.323. The second-order valence-corrected chi connectivity index (χ2v) is 12.6. The summed E-state index contributed by atoms with van der Waals surface area (Å²) in [5.41, 5.74) is 0.952. The van der Waals surface area contributed by atoms with E-state index in [1.54, 1.807) is 30.7 Å². The van der Waals surface area contributed by atoms with E-state index in [0.717, 1.165) is 4.70 Å². The van der Waals surface area contributed by atoms with Gasteiger partial charge in [-0.2, -0.15) is 9.30 Å². The second-order valence-electron chi connectivity index (χ2n) is 9.66. The Bertz CT molecular complexity index is 1440. The SMILES string of the molecule is CCOC(=O)Cn1c(=NC(=O)c2ccc(S(=O)(=O)N(CC(C)C)CC(C)C)cc2)sc2cc(OC)ccc21. The summed E-state index contributed by atoms with van der Waals surface area (Å²) < 4.78 is 40.9. The molecule has 0 spiro atoms. The molecule has 0 radical (unpaired) electrons. The molecule has 9 nitrogen and oxygen atoms in total. The van der Waals surface area contributed by atoms with Gasteiger partial charge in [0.15, 0.2) is 4.80 Å². The van der Waals surface area contributed by atoms with Gasteiger partial charge < -0.3 is 14.0 Å². The summed E-state index contributed by atoms with van der Waals surface area (Å²) in [5.74, 6) is -0.0117. The third-order valence-corrected chi connectivity index (χ3v) is 8.44. The van der Waals surface area contributed by atoms with Crippen molar-refractivity contribution in [2.24, 2.45) is 16.8 Å². The van der Waals surface area contributed by atoms with Crippen LogP contribution in [0.2, 0.25) is 0 Å². The molecule has 38 heavy (non-hydrogen) atoms. The molecule has 3 aromatic rings. The van der Waals surface area contributed by atoms with Gasteiger partial charge in [0.2, 0.25) is 10.0 Å². The Hall–Kier alpha value is -3.02. The van der Waals surface area contributed by atoms with Crippen molar-refractivity contribution in [1.29, 1.82) is 0 Å². The topological polar surface area (TPSA) is 107 Å². The Kier molecular flexibility index (Phi) is 9.86. The summed E-state index contributed by atoms with van der Waals surface area (Å²) in [6.45, 7) is 10.6. The number of rotatable bonds is 11. The minimum Gasteiger partial charge on any atom is -0.497 e. The second kappa shape index (κ2) is 12.7. The van der Waals surface area contributed by atoms with Gasteiger partial charge in [-0.1, -0.05) is 39.0 Å². The fourth-order valence-corrected chi connectivity index (χ4v) is 6.73. The van der Waals surface area contributed by atoms with Crippen LogP contribution in [0.3, 0.4) is 0 Å². The highest BCUT2D eigenvalue weighted by atomic mass is 32.2. The number of benzene rings is 2. The summed E-state index contributed by atoms with van der Waals surface area (Å²) in [6.07, 6.45) is 0. The third kappa shape index (κ3) is 7.09. The van der Waals surface area contributed by atoms with Gasteiger partial charge in [-0.15, -0.1) is 0 Å². The minimum absolute atomic E-state index is 0.106. The van der Waals surface area contributed by atoms with Gasteiger partial charge in [-0.25, -0.2) is 8.42 Å². The number of methoxy groups -OCH3 is 1. The lowest BCUT2D eigenvalue weighted by Crippen LogP contribution is -2.37. The predicted octanol–water partition coefficient (Wildman–Crippen LogP) is 4.32. The number of fused-ring (bicyclic) bond motifs is 1. The number of hydrogen-bond acceptors (Lipinski definition) is 7. The van der Waals surface area contributed by atoms with E-state index in [-0.39, 0.29) is 35.4 Å². The van der Waals surface area contributed by atoms with Gasteiger partial charge in [-0.05, 0) is 61.2 Å². The van der Waals surface area contributed by atoms with Crippen molar-refractivity contribution in [1.82, 2.24) is 8.87 Å².